The predicted molar refractivity (Wildman–Crippen MR) is 129 cm³/mol. The summed E-state index contributed by atoms with van der Waals surface area (Å²) in [5, 5.41) is 3.92. The molecule has 1 amide bonds. The zero-order valence-corrected chi connectivity index (χ0v) is 20.7. The Morgan fingerprint density at radius 1 is 1.15 bits per heavy atom. The molecule has 4 rings (SSSR count). The van der Waals surface area contributed by atoms with Gasteiger partial charge in [0.15, 0.2) is 21.3 Å². The van der Waals surface area contributed by atoms with E-state index in [0.717, 1.165) is 5.56 Å². The van der Waals surface area contributed by atoms with E-state index >= 15 is 0 Å². The third-order valence-corrected chi connectivity index (χ3v) is 8.02. The summed E-state index contributed by atoms with van der Waals surface area (Å²) in [5.74, 6) is -0.539. The first-order valence-electron chi connectivity index (χ1n) is 11.3. The van der Waals surface area contributed by atoms with Crippen LogP contribution in [-0.4, -0.2) is 41.9 Å². The van der Waals surface area contributed by atoms with E-state index in [4.69, 9.17) is 4.52 Å². The lowest BCUT2D eigenvalue weighted by Crippen LogP contribution is -2.40. The highest BCUT2D eigenvalue weighted by atomic mass is 32.2. The number of halogens is 1. The Bertz CT molecular complexity index is 1310. The van der Waals surface area contributed by atoms with Gasteiger partial charge >= 0.3 is 0 Å². The van der Waals surface area contributed by atoms with Crippen LogP contribution < -0.4 is 0 Å². The van der Waals surface area contributed by atoms with Crippen molar-refractivity contribution in [3.63, 3.8) is 0 Å². The number of carbonyl (C=O) groups is 1. The maximum atomic E-state index is 14.0. The molecule has 8 heteroatoms. The topological polar surface area (TPSA) is 80.5 Å². The van der Waals surface area contributed by atoms with Crippen molar-refractivity contribution in [2.45, 2.75) is 52.1 Å². The smallest absolute Gasteiger partial charge is 0.276 e. The van der Waals surface area contributed by atoms with Gasteiger partial charge in [0.05, 0.1) is 11.5 Å². The maximum Gasteiger partial charge on any atom is 0.276 e. The number of hydrogen-bond donors (Lipinski definition) is 0. The molecule has 0 radical (unpaired) electrons. The summed E-state index contributed by atoms with van der Waals surface area (Å²) in [7, 11) is -3.20. The molecule has 6 nitrogen and oxygen atoms in total. The Balaban J connectivity index is 1.62. The lowest BCUT2D eigenvalue weighted by Gasteiger charge is -2.28. The van der Waals surface area contributed by atoms with E-state index in [1.807, 2.05) is 24.3 Å². The SMILES string of the molecule is Cc1ccc(-c2cc(C(=O)N(Cc3ccc(C(C)(C)C)cc3)[C@H]3CCS(=O)(=O)C3)no2)cc1F. The molecular formula is C26H29FN2O4S. The molecule has 2 heterocycles. The van der Waals surface area contributed by atoms with Gasteiger partial charge in [-0.1, -0.05) is 62.3 Å². The van der Waals surface area contributed by atoms with Gasteiger partial charge in [0.1, 0.15) is 5.82 Å². The second-order valence-corrected chi connectivity index (χ2v) is 12.2. The Hall–Kier alpha value is -3.00. The fourth-order valence-corrected chi connectivity index (χ4v) is 5.83. The van der Waals surface area contributed by atoms with Crippen molar-refractivity contribution in [3.8, 4) is 11.3 Å². The van der Waals surface area contributed by atoms with E-state index in [1.54, 1.807) is 24.0 Å². The first-order chi connectivity index (χ1) is 15.9. The molecule has 1 aromatic heterocycles. The van der Waals surface area contributed by atoms with Gasteiger partial charge in [-0.2, -0.15) is 0 Å². The lowest BCUT2D eigenvalue weighted by atomic mass is 9.86. The Morgan fingerprint density at radius 3 is 2.44 bits per heavy atom. The minimum atomic E-state index is -3.20. The highest BCUT2D eigenvalue weighted by molar-refractivity contribution is 7.91. The van der Waals surface area contributed by atoms with Gasteiger partial charge in [0.2, 0.25) is 0 Å². The van der Waals surface area contributed by atoms with Gasteiger partial charge in [-0.05, 0) is 41.5 Å². The number of nitrogens with zero attached hydrogens (tertiary/aromatic N) is 2. The minimum absolute atomic E-state index is 0.000133. The fourth-order valence-electron chi connectivity index (χ4n) is 4.10. The Morgan fingerprint density at radius 2 is 1.85 bits per heavy atom. The van der Waals surface area contributed by atoms with Crippen LogP contribution in [0.1, 0.15) is 54.4 Å². The maximum absolute atomic E-state index is 14.0. The van der Waals surface area contributed by atoms with Crippen LogP contribution in [0.2, 0.25) is 0 Å². The second kappa shape index (κ2) is 8.98. The van der Waals surface area contributed by atoms with Gasteiger partial charge in [-0.25, -0.2) is 12.8 Å². The van der Waals surface area contributed by atoms with Crippen molar-refractivity contribution < 1.29 is 22.1 Å². The van der Waals surface area contributed by atoms with Gasteiger partial charge in [-0.3, -0.25) is 4.79 Å². The summed E-state index contributed by atoms with van der Waals surface area (Å²) in [6, 6.07) is 13.7. The van der Waals surface area contributed by atoms with Crippen LogP contribution in [0.3, 0.4) is 0 Å². The first-order valence-corrected chi connectivity index (χ1v) is 13.1. The number of sulfone groups is 1. The molecule has 0 N–H and O–H groups in total. The van der Waals surface area contributed by atoms with Crippen LogP contribution in [-0.2, 0) is 21.8 Å². The number of rotatable bonds is 5. The summed E-state index contributed by atoms with van der Waals surface area (Å²) in [6.07, 6.45) is 0.377. The molecule has 34 heavy (non-hydrogen) atoms. The fraction of sp³-hybridized carbons (Fsp3) is 0.385. The third kappa shape index (κ3) is 5.22. The zero-order chi connectivity index (χ0) is 24.7. The van der Waals surface area contributed by atoms with Gasteiger partial charge < -0.3 is 9.42 Å². The highest BCUT2D eigenvalue weighted by Gasteiger charge is 2.36. The number of carbonyl (C=O) groups excluding carboxylic acids is 1. The van der Waals surface area contributed by atoms with Crippen LogP contribution in [0.5, 0.6) is 0 Å². The standard InChI is InChI=1S/C26H29FN2O4S/c1-17-5-8-19(13-22(17)27)24-14-23(28-33-24)25(30)29(21-11-12-34(31,32)16-21)15-18-6-9-20(10-7-18)26(2,3)4/h5-10,13-14,21H,11-12,15-16H2,1-4H3/t21-/m0/s1. The number of benzene rings is 2. The monoisotopic (exact) mass is 484 g/mol. The van der Waals surface area contributed by atoms with Crippen molar-refractivity contribution in [2.24, 2.45) is 0 Å². The molecular weight excluding hydrogens is 455 g/mol. The Kier molecular flexibility index (Phi) is 6.38. The molecule has 1 fully saturated rings. The summed E-state index contributed by atoms with van der Waals surface area (Å²) in [5.41, 5.74) is 3.11. The normalized spacial score (nSPS) is 17.6. The molecule has 0 aliphatic carbocycles. The molecule has 3 aromatic rings. The molecule has 1 saturated heterocycles. The van der Waals surface area contributed by atoms with Gasteiger partial charge in [0, 0.05) is 24.2 Å². The molecule has 0 spiro atoms. The largest absolute Gasteiger partial charge is 0.355 e. The number of aryl methyl sites for hydroxylation is 1. The summed E-state index contributed by atoms with van der Waals surface area (Å²) in [4.78, 5) is 15.0. The van der Waals surface area contributed by atoms with Crippen molar-refractivity contribution in [1.82, 2.24) is 10.1 Å². The summed E-state index contributed by atoms with van der Waals surface area (Å²) < 4.78 is 43.6. The van der Waals surface area contributed by atoms with Crippen molar-refractivity contribution in [2.75, 3.05) is 11.5 Å². The minimum Gasteiger partial charge on any atom is -0.355 e. The number of aromatic nitrogens is 1. The van der Waals surface area contributed by atoms with Crippen LogP contribution in [0.4, 0.5) is 4.39 Å². The molecule has 0 unspecified atom stereocenters. The molecule has 1 aliphatic heterocycles. The van der Waals surface area contributed by atoms with Crippen LogP contribution in [0.15, 0.2) is 53.1 Å². The van der Waals surface area contributed by atoms with E-state index < -0.39 is 21.8 Å². The first kappa shape index (κ1) is 24.1. The van der Waals surface area contributed by atoms with E-state index in [-0.39, 0.29) is 40.7 Å². The van der Waals surface area contributed by atoms with E-state index in [1.165, 1.54) is 17.7 Å². The molecule has 1 atom stereocenters. The van der Waals surface area contributed by atoms with Crippen molar-refractivity contribution in [1.29, 1.82) is 0 Å². The van der Waals surface area contributed by atoms with Crippen LogP contribution in [0, 0.1) is 12.7 Å². The quantitative estimate of drug-likeness (QED) is 0.514. The van der Waals surface area contributed by atoms with E-state index in [9.17, 15) is 17.6 Å². The predicted octanol–water partition coefficient (Wildman–Crippen LogP) is 4.92. The number of amides is 1. The van der Waals surface area contributed by atoms with E-state index in [0.29, 0.717) is 17.5 Å². The van der Waals surface area contributed by atoms with Gasteiger partial charge in [0.25, 0.3) is 5.91 Å². The Labute approximate surface area is 199 Å². The number of hydrogen-bond acceptors (Lipinski definition) is 5. The van der Waals surface area contributed by atoms with Crippen LogP contribution in [0.25, 0.3) is 11.3 Å². The molecule has 1 aliphatic rings. The van der Waals surface area contributed by atoms with Crippen LogP contribution >= 0.6 is 0 Å². The molecule has 180 valence electrons. The average molecular weight is 485 g/mol. The molecule has 0 saturated carbocycles. The highest BCUT2D eigenvalue weighted by Crippen LogP contribution is 2.27. The second-order valence-electron chi connectivity index (χ2n) is 9.98. The van der Waals surface area contributed by atoms with Crippen molar-refractivity contribution in [3.05, 3.63) is 76.7 Å². The summed E-state index contributed by atoms with van der Waals surface area (Å²) >= 11 is 0. The van der Waals surface area contributed by atoms with Crippen molar-refractivity contribution >= 4 is 15.7 Å². The van der Waals surface area contributed by atoms with E-state index in [2.05, 4.69) is 25.9 Å². The molecule has 0 bridgehead atoms. The zero-order valence-electron chi connectivity index (χ0n) is 19.8. The third-order valence-electron chi connectivity index (χ3n) is 6.27. The summed E-state index contributed by atoms with van der Waals surface area (Å²) in [6.45, 7) is 8.30. The van der Waals surface area contributed by atoms with Gasteiger partial charge in [-0.15, -0.1) is 0 Å². The molecule has 2 aromatic carbocycles. The average Bonchev–Trinajstić information content (AvgIpc) is 3.40. The lowest BCUT2D eigenvalue weighted by molar-refractivity contribution is 0.0670.